The van der Waals surface area contributed by atoms with Crippen LogP contribution in [0.25, 0.3) is 0 Å². The van der Waals surface area contributed by atoms with Gasteiger partial charge in [0.05, 0.1) is 12.7 Å². The SMILES string of the molecule is COC(=O)c1ccc(CN2CCC[C@@H](C)C2)cc1. The van der Waals surface area contributed by atoms with Gasteiger partial charge in [-0.25, -0.2) is 4.79 Å². The summed E-state index contributed by atoms with van der Waals surface area (Å²) in [7, 11) is 1.41. The fourth-order valence-corrected chi connectivity index (χ4v) is 2.55. The van der Waals surface area contributed by atoms with Crippen LogP contribution in [0.2, 0.25) is 0 Å². The maximum absolute atomic E-state index is 11.3. The minimum atomic E-state index is -0.270. The molecule has 98 valence electrons. The Morgan fingerprint density at radius 3 is 2.72 bits per heavy atom. The molecule has 1 aromatic carbocycles. The van der Waals surface area contributed by atoms with E-state index in [4.69, 9.17) is 4.74 Å². The van der Waals surface area contributed by atoms with Crippen molar-refractivity contribution in [3.05, 3.63) is 35.4 Å². The van der Waals surface area contributed by atoms with Crippen LogP contribution in [0.4, 0.5) is 0 Å². The van der Waals surface area contributed by atoms with Gasteiger partial charge in [0.15, 0.2) is 0 Å². The van der Waals surface area contributed by atoms with E-state index in [-0.39, 0.29) is 5.97 Å². The van der Waals surface area contributed by atoms with Gasteiger partial charge in [-0.1, -0.05) is 19.1 Å². The Hall–Kier alpha value is -1.35. The summed E-state index contributed by atoms with van der Waals surface area (Å²) in [5.74, 6) is 0.529. The standard InChI is InChI=1S/C15H21NO2/c1-12-4-3-9-16(10-12)11-13-5-7-14(8-6-13)15(17)18-2/h5-8,12H,3-4,9-11H2,1-2H3/t12-/m1/s1. The molecule has 1 aliphatic rings. The predicted octanol–water partition coefficient (Wildman–Crippen LogP) is 2.71. The molecule has 1 aromatic rings. The van der Waals surface area contributed by atoms with Crippen LogP contribution in [0.5, 0.6) is 0 Å². The Morgan fingerprint density at radius 2 is 2.11 bits per heavy atom. The van der Waals surface area contributed by atoms with Crippen LogP contribution in [-0.4, -0.2) is 31.1 Å². The van der Waals surface area contributed by atoms with Crippen molar-refractivity contribution < 1.29 is 9.53 Å². The molecule has 0 radical (unpaired) electrons. The molecule has 0 saturated carbocycles. The van der Waals surface area contributed by atoms with Gasteiger partial charge in [-0.05, 0) is 43.0 Å². The van der Waals surface area contributed by atoms with E-state index in [1.165, 1.54) is 38.6 Å². The molecule has 0 aliphatic carbocycles. The third-order valence-electron chi connectivity index (χ3n) is 3.52. The van der Waals surface area contributed by atoms with Crippen LogP contribution < -0.4 is 0 Å². The number of likely N-dealkylation sites (tertiary alicyclic amines) is 1. The summed E-state index contributed by atoms with van der Waals surface area (Å²) in [4.78, 5) is 13.8. The molecule has 1 aliphatic heterocycles. The summed E-state index contributed by atoms with van der Waals surface area (Å²) in [5, 5.41) is 0. The highest BCUT2D eigenvalue weighted by molar-refractivity contribution is 5.89. The van der Waals surface area contributed by atoms with Crippen LogP contribution in [-0.2, 0) is 11.3 Å². The largest absolute Gasteiger partial charge is 0.465 e. The first-order chi connectivity index (χ1) is 8.69. The van der Waals surface area contributed by atoms with Crippen molar-refractivity contribution in [2.24, 2.45) is 5.92 Å². The second kappa shape index (κ2) is 6.01. The molecule has 2 rings (SSSR count). The first-order valence-electron chi connectivity index (χ1n) is 6.58. The summed E-state index contributed by atoms with van der Waals surface area (Å²) in [6.07, 6.45) is 2.64. The van der Waals surface area contributed by atoms with Crippen LogP contribution in [0.3, 0.4) is 0 Å². The first-order valence-corrected chi connectivity index (χ1v) is 6.58. The lowest BCUT2D eigenvalue weighted by molar-refractivity contribution is 0.0600. The third-order valence-corrected chi connectivity index (χ3v) is 3.52. The topological polar surface area (TPSA) is 29.5 Å². The zero-order valence-electron chi connectivity index (χ0n) is 11.2. The molecule has 3 nitrogen and oxygen atoms in total. The first kappa shape index (κ1) is 13.1. The molecule has 3 heteroatoms. The van der Waals surface area contributed by atoms with Gasteiger partial charge in [0, 0.05) is 13.1 Å². The number of hydrogen-bond acceptors (Lipinski definition) is 3. The molecule has 1 fully saturated rings. The normalized spacial score (nSPS) is 20.7. The Balaban J connectivity index is 1.95. The Labute approximate surface area is 109 Å². The summed E-state index contributed by atoms with van der Waals surface area (Å²) in [6, 6.07) is 7.72. The minimum Gasteiger partial charge on any atom is -0.465 e. The Kier molecular flexibility index (Phi) is 4.37. The number of ether oxygens (including phenoxy) is 1. The second-order valence-electron chi connectivity index (χ2n) is 5.17. The summed E-state index contributed by atoms with van der Waals surface area (Å²) < 4.78 is 4.69. The number of piperidine rings is 1. The average molecular weight is 247 g/mol. The lowest BCUT2D eigenvalue weighted by Gasteiger charge is -2.30. The van der Waals surface area contributed by atoms with Crippen LogP contribution in [0.15, 0.2) is 24.3 Å². The number of hydrogen-bond donors (Lipinski definition) is 0. The smallest absolute Gasteiger partial charge is 0.337 e. The van der Waals surface area contributed by atoms with Gasteiger partial charge in [0.25, 0.3) is 0 Å². The molecule has 0 aromatic heterocycles. The number of esters is 1. The van der Waals surface area contributed by atoms with Gasteiger partial charge < -0.3 is 4.74 Å². The molecule has 0 N–H and O–H groups in total. The van der Waals surface area contributed by atoms with E-state index in [2.05, 4.69) is 11.8 Å². The quantitative estimate of drug-likeness (QED) is 0.769. The van der Waals surface area contributed by atoms with E-state index in [0.29, 0.717) is 5.56 Å². The minimum absolute atomic E-state index is 0.270. The van der Waals surface area contributed by atoms with E-state index in [1.807, 2.05) is 24.3 Å². The van der Waals surface area contributed by atoms with E-state index in [0.717, 1.165) is 12.5 Å². The lowest BCUT2D eigenvalue weighted by Crippen LogP contribution is -2.33. The summed E-state index contributed by atoms with van der Waals surface area (Å²) in [6.45, 7) is 5.65. The maximum Gasteiger partial charge on any atom is 0.337 e. The molecule has 18 heavy (non-hydrogen) atoms. The number of carbonyl (C=O) groups excluding carboxylic acids is 1. The number of methoxy groups -OCH3 is 1. The van der Waals surface area contributed by atoms with E-state index >= 15 is 0 Å². The zero-order chi connectivity index (χ0) is 13.0. The van der Waals surface area contributed by atoms with Gasteiger partial charge >= 0.3 is 5.97 Å². The Morgan fingerprint density at radius 1 is 1.39 bits per heavy atom. The molecule has 0 unspecified atom stereocenters. The molecule has 0 bridgehead atoms. The maximum atomic E-state index is 11.3. The van der Waals surface area contributed by atoms with Crippen molar-refractivity contribution >= 4 is 5.97 Å². The predicted molar refractivity (Wildman–Crippen MR) is 71.5 cm³/mol. The van der Waals surface area contributed by atoms with Crippen LogP contribution in [0, 0.1) is 5.92 Å². The van der Waals surface area contributed by atoms with Gasteiger partial charge in [0.1, 0.15) is 0 Å². The van der Waals surface area contributed by atoms with Crippen molar-refractivity contribution in [1.29, 1.82) is 0 Å². The van der Waals surface area contributed by atoms with Crippen molar-refractivity contribution in [3.63, 3.8) is 0 Å². The van der Waals surface area contributed by atoms with Gasteiger partial charge in [-0.15, -0.1) is 0 Å². The molecule has 0 spiro atoms. The third kappa shape index (κ3) is 3.33. The van der Waals surface area contributed by atoms with Crippen molar-refractivity contribution in [2.75, 3.05) is 20.2 Å². The lowest BCUT2D eigenvalue weighted by atomic mass is 9.99. The van der Waals surface area contributed by atoms with Gasteiger partial charge in [0.2, 0.25) is 0 Å². The highest BCUT2D eigenvalue weighted by Gasteiger charge is 2.16. The molecule has 1 saturated heterocycles. The van der Waals surface area contributed by atoms with E-state index in [9.17, 15) is 4.79 Å². The molecule has 0 amide bonds. The Bertz CT molecular complexity index is 399. The van der Waals surface area contributed by atoms with Crippen LogP contribution in [0.1, 0.15) is 35.7 Å². The zero-order valence-corrected chi connectivity index (χ0v) is 11.2. The molecule has 1 atom stereocenters. The molecule has 1 heterocycles. The number of rotatable bonds is 3. The number of nitrogens with zero attached hydrogens (tertiary/aromatic N) is 1. The number of benzene rings is 1. The summed E-state index contributed by atoms with van der Waals surface area (Å²) in [5.41, 5.74) is 1.88. The van der Waals surface area contributed by atoms with Crippen molar-refractivity contribution in [1.82, 2.24) is 4.90 Å². The fourth-order valence-electron chi connectivity index (χ4n) is 2.55. The van der Waals surface area contributed by atoms with Gasteiger partial charge in [-0.3, -0.25) is 4.90 Å². The van der Waals surface area contributed by atoms with E-state index < -0.39 is 0 Å². The monoisotopic (exact) mass is 247 g/mol. The average Bonchev–Trinajstić information content (AvgIpc) is 2.39. The summed E-state index contributed by atoms with van der Waals surface area (Å²) >= 11 is 0. The highest BCUT2D eigenvalue weighted by atomic mass is 16.5. The number of carbonyl (C=O) groups is 1. The van der Waals surface area contributed by atoms with Gasteiger partial charge in [-0.2, -0.15) is 0 Å². The fraction of sp³-hybridized carbons (Fsp3) is 0.533. The van der Waals surface area contributed by atoms with E-state index in [1.54, 1.807) is 0 Å². The van der Waals surface area contributed by atoms with Crippen LogP contribution >= 0.6 is 0 Å². The molecular weight excluding hydrogens is 226 g/mol. The van der Waals surface area contributed by atoms with Crippen molar-refractivity contribution in [3.8, 4) is 0 Å². The van der Waals surface area contributed by atoms with Crippen molar-refractivity contribution in [2.45, 2.75) is 26.3 Å². The highest BCUT2D eigenvalue weighted by Crippen LogP contribution is 2.18. The molecular formula is C15H21NO2. The second-order valence-corrected chi connectivity index (χ2v) is 5.17.